The zero-order chi connectivity index (χ0) is 40.1. The van der Waals surface area contributed by atoms with Gasteiger partial charge in [-0.05, 0) is 63.4 Å². The first-order valence-electron chi connectivity index (χ1n) is 19.8. The van der Waals surface area contributed by atoms with Crippen LogP contribution in [0.5, 0.6) is 5.75 Å². The molecule has 294 valence electrons. The summed E-state index contributed by atoms with van der Waals surface area (Å²) in [5.74, 6) is 0.949. The maximum absolute atomic E-state index is 12.1. The van der Waals surface area contributed by atoms with E-state index in [9.17, 15) is 5.11 Å². The Kier molecular flexibility index (Phi) is 11.0. The molecular weight excluding hydrogens is 890 g/mol. The first-order chi connectivity index (χ1) is 27.2. The number of fused-ring (bicyclic) bond motifs is 1. The van der Waals surface area contributed by atoms with Crippen molar-refractivity contribution in [3.63, 3.8) is 0 Å². The van der Waals surface area contributed by atoms with Gasteiger partial charge in [-0.2, -0.15) is 0 Å². The molecule has 8 aromatic rings. The van der Waals surface area contributed by atoms with Crippen molar-refractivity contribution in [3.05, 3.63) is 180 Å². The number of pyridine rings is 1. The van der Waals surface area contributed by atoms with Gasteiger partial charge >= 0.3 is 0 Å². The molecule has 0 unspecified atom stereocenters. The molecule has 0 fully saturated rings. The fourth-order valence-electron chi connectivity index (χ4n) is 7.79. The zero-order valence-electron chi connectivity index (χ0n) is 34.5. The molecule has 2 heterocycles. The van der Waals surface area contributed by atoms with E-state index in [2.05, 4.69) is 175 Å². The number of aromatic nitrogens is 3. The van der Waals surface area contributed by atoms with Crippen molar-refractivity contribution in [2.75, 3.05) is 0 Å². The van der Waals surface area contributed by atoms with Crippen LogP contribution in [0.4, 0.5) is 0 Å². The van der Waals surface area contributed by atoms with Crippen molar-refractivity contribution >= 4 is 11.0 Å². The molecule has 8 rings (SSSR count). The van der Waals surface area contributed by atoms with Gasteiger partial charge in [-0.1, -0.05) is 175 Å². The van der Waals surface area contributed by atoms with E-state index in [1.165, 1.54) is 11.1 Å². The third-order valence-electron chi connectivity index (χ3n) is 11.3. The molecule has 1 N–H and O–H groups in total. The van der Waals surface area contributed by atoms with E-state index in [0.29, 0.717) is 11.4 Å². The van der Waals surface area contributed by atoms with Gasteiger partial charge < -0.3 is 5.11 Å². The van der Waals surface area contributed by atoms with Gasteiger partial charge in [0.2, 0.25) is 0 Å². The molecule has 4 nitrogen and oxygen atoms in total. The van der Waals surface area contributed by atoms with Gasteiger partial charge in [0.05, 0.1) is 16.6 Å². The molecule has 5 heteroatoms. The summed E-state index contributed by atoms with van der Waals surface area (Å²) < 4.78 is 2.18. The second-order valence-electron chi connectivity index (χ2n) is 17.7. The van der Waals surface area contributed by atoms with Crippen LogP contribution in [0.1, 0.15) is 77.6 Å². The fraction of sp³-hybridized carbons (Fsp3) is 0.208. The third kappa shape index (κ3) is 7.71. The fourth-order valence-corrected chi connectivity index (χ4v) is 7.79. The van der Waals surface area contributed by atoms with Crippen molar-refractivity contribution in [3.8, 4) is 56.3 Å². The normalized spacial score (nSPS) is 12.1. The molecule has 0 saturated carbocycles. The molecule has 0 saturated heterocycles. The van der Waals surface area contributed by atoms with Crippen LogP contribution >= 0.6 is 0 Å². The summed E-state index contributed by atoms with van der Waals surface area (Å²) in [7, 11) is 0. The largest absolute Gasteiger partial charge is 0.507 e. The van der Waals surface area contributed by atoms with Crippen molar-refractivity contribution < 1.29 is 26.2 Å². The molecule has 0 amide bonds. The Morgan fingerprint density at radius 3 is 1.83 bits per heavy atom. The second-order valence-corrected chi connectivity index (χ2v) is 17.7. The second kappa shape index (κ2) is 15.6. The van der Waals surface area contributed by atoms with Crippen molar-refractivity contribution in [2.45, 2.75) is 71.6 Å². The molecule has 58 heavy (non-hydrogen) atoms. The standard InChI is InChI=1S/C53H50N3O.Pt/c1-51(2,3)41-33-44(49(57)45(34-41)52(4,5)6)50-55-48-43(22-17-24-47(48)56(50)42-20-13-10-14-21-42)37-30-36(31-38(32-37)46-23-15-16-29-54-46)35-25-27-40(28-26-35)53(7,8)39-18-11-9-12-19-39;/h9-31,33-34,57H,1-8H3;/q-1;. The topological polar surface area (TPSA) is 50.9 Å². The number of rotatable bonds is 7. The smallest absolute Gasteiger partial charge is 0.148 e. The first kappa shape index (κ1) is 40.6. The van der Waals surface area contributed by atoms with Crippen molar-refractivity contribution in [1.82, 2.24) is 14.5 Å². The molecule has 0 spiro atoms. The SMILES string of the molecule is CC(C)(C)c1cc(-c2nc3c(-c4[c-]c(-c5ccccn5)cc(-c5ccc(C(C)(C)c6ccccc6)cc5)c4)cccc3n2-c2ccccc2)c(O)c(C(C)(C)C)c1.[Pt]. The van der Waals surface area contributed by atoms with E-state index in [0.717, 1.165) is 61.4 Å². The third-order valence-corrected chi connectivity index (χ3v) is 11.3. The Morgan fingerprint density at radius 1 is 0.552 bits per heavy atom. The summed E-state index contributed by atoms with van der Waals surface area (Å²) in [4.78, 5) is 10.2. The van der Waals surface area contributed by atoms with E-state index in [1.807, 2.05) is 42.6 Å². The van der Waals surface area contributed by atoms with Crippen LogP contribution in [0, 0.1) is 6.07 Å². The Bertz CT molecular complexity index is 2700. The molecule has 6 aromatic carbocycles. The molecule has 0 aliphatic heterocycles. The van der Waals surface area contributed by atoms with Gasteiger partial charge in [0.15, 0.2) is 0 Å². The summed E-state index contributed by atoms with van der Waals surface area (Å²) in [5.41, 5.74) is 13.2. The number of benzene rings is 6. The van der Waals surface area contributed by atoms with Crippen molar-refractivity contribution in [1.29, 1.82) is 0 Å². The number of phenolic OH excluding ortho intramolecular Hbond substituents is 1. The van der Waals surface area contributed by atoms with Crippen LogP contribution in [-0.2, 0) is 37.3 Å². The van der Waals surface area contributed by atoms with Gasteiger partial charge in [-0.15, -0.1) is 23.8 Å². The van der Waals surface area contributed by atoms with Crippen LogP contribution in [-0.4, -0.2) is 19.6 Å². The minimum absolute atomic E-state index is 0. The number of phenols is 1. The Hall–Kier alpha value is -5.57. The average Bonchev–Trinajstić information content (AvgIpc) is 3.60. The van der Waals surface area contributed by atoms with Gasteiger partial charge in [0.1, 0.15) is 11.6 Å². The summed E-state index contributed by atoms with van der Waals surface area (Å²) in [6, 6.07) is 54.7. The van der Waals surface area contributed by atoms with Crippen LogP contribution in [0.25, 0.3) is 61.6 Å². The predicted octanol–water partition coefficient (Wildman–Crippen LogP) is 13.5. The number of nitrogens with zero attached hydrogens (tertiary/aromatic N) is 3. The van der Waals surface area contributed by atoms with Gasteiger partial charge in [-0.3, -0.25) is 9.55 Å². The molecule has 2 aromatic heterocycles. The minimum atomic E-state index is -0.290. The molecule has 0 radical (unpaired) electrons. The molecule has 0 aliphatic carbocycles. The molecule has 0 bridgehead atoms. The van der Waals surface area contributed by atoms with E-state index in [1.54, 1.807) is 0 Å². The van der Waals surface area contributed by atoms with Crippen LogP contribution in [0.15, 0.2) is 152 Å². The van der Waals surface area contributed by atoms with Crippen LogP contribution in [0.3, 0.4) is 0 Å². The summed E-state index contributed by atoms with van der Waals surface area (Å²) >= 11 is 0. The van der Waals surface area contributed by atoms with Gasteiger partial charge in [0, 0.05) is 49.6 Å². The summed E-state index contributed by atoms with van der Waals surface area (Å²) in [6.07, 6.45) is 1.83. The average molecular weight is 940 g/mol. The van der Waals surface area contributed by atoms with E-state index < -0.39 is 0 Å². The Morgan fingerprint density at radius 2 is 1.19 bits per heavy atom. The number of aromatic hydroxyl groups is 1. The van der Waals surface area contributed by atoms with Crippen molar-refractivity contribution in [2.24, 2.45) is 0 Å². The van der Waals surface area contributed by atoms with Gasteiger partial charge in [0.25, 0.3) is 0 Å². The zero-order valence-corrected chi connectivity index (χ0v) is 36.8. The van der Waals surface area contributed by atoms with Crippen LogP contribution in [0.2, 0.25) is 0 Å². The monoisotopic (exact) mass is 939 g/mol. The summed E-state index contributed by atoms with van der Waals surface area (Å²) in [6.45, 7) is 17.6. The predicted molar refractivity (Wildman–Crippen MR) is 237 cm³/mol. The molecular formula is C53H50N3OPt-. The Labute approximate surface area is 358 Å². The Balaban J connectivity index is 0.00000512. The number of para-hydroxylation sites is 2. The maximum atomic E-state index is 12.1. The minimum Gasteiger partial charge on any atom is -0.507 e. The summed E-state index contributed by atoms with van der Waals surface area (Å²) in [5, 5.41) is 12.1. The molecule has 0 atom stereocenters. The number of imidazole rings is 1. The number of hydrogen-bond donors (Lipinski definition) is 1. The van der Waals surface area contributed by atoms with E-state index >= 15 is 0 Å². The number of hydrogen-bond acceptors (Lipinski definition) is 3. The van der Waals surface area contributed by atoms with Crippen LogP contribution < -0.4 is 0 Å². The molecule has 0 aliphatic rings. The van der Waals surface area contributed by atoms with E-state index in [4.69, 9.17) is 9.97 Å². The quantitative estimate of drug-likeness (QED) is 0.162. The van der Waals surface area contributed by atoms with E-state index in [-0.39, 0.29) is 43.1 Å². The van der Waals surface area contributed by atoms with Gasteiger partial charge in [-0.25, -0.2) is 4.98 Å². The first-order valence-corrected chi connectivity index (χ1v) is 19.8. The maximum Gasteiger partial charge on any atom is 0.148 e.